The molecule has 0 saturated carbocycles. The van der Waals surface area contributed by atoms with Gasteiger partial charge in [-0.05, 0) is 18.6 Å². The molecule has 0 spiro atoms. The molecule has 116 valence electrons. The molecule has 1 N–H and O–H groups in total. The number of halogens is 1. The van der Waals surface area contributed by atoms with Crippen LogP contribution in [-0.2, 0) is 10.0 Å². The van der Waals surface area contributed by atoms with Crippen molar-refractivity contribution in [3.63, 3.8) is 0 Å². The molecule has 0 aromatic heterocycles. The van der Waals surface area contributed by atoms with Crippen LogP contribution >= 0.6 is 11.6 Å². The van der Waals surface area contributed by atoms with Crippen molar-refractivity contribution in [1.82, 2.24) is 14.5 Å². The van der Waals surface area contributed by atoms with E-state index in [9.17, 15) is 8.42 Å². The Bertz CT molecular complexity index is 602. The lowest BCUT2D eigenvalue weighted by Crippen LogP contribution is -2.49. The van der Waals surface area contributed by atoms with E-state index in [4.69, 9.17) is 11.6 Å². The Hall–Kier alpha value is -0.660. The van der Waals surface area contributed by atoms with E-state index in [-0.39, 0.29) is 4.90 Å². The first kappa shape index (κ1) is 15.2. The summed E-state index contributed by atoms with van der Waals surface area (Å²) < 4.78 is 27.0. The van der Waals surface area contributed by atoms with Crippen molar-refractivity contribution in [2.45, 2.75) is 17.4 Å². The molecule has 21 heavy (non-hydrogen) atoms. The predicted octanol–water partition coefficient (Wildman–Crippen LogP) is 1.01. The van der Waals surface area contributed by atoms with Crippen molar-refractivity contribution in [1.29, 1.82) is 0 Å². The molecule has 1 aromatic rings. The van der Waals surface area contributed by atoms with Gasteiger partial charge in [0.25, 0.3) is 0 Å². The third kappa shape index (κ3) is 3.10. The third-order valence-corrected chi connectivity index (χ3v) is 6.61. The fraction of sp³-hybridized carbons (Fsp3) is 0.571. The van der Waals surface area contributed by atoms with Crippen LogP contribution in [0.2, 0.25) is 5.02 Å². The summed E-state index contributed by atoms with van der Waals surface area (Å²) in [4.78, 5) is 2.60. The standard InChI is InChI=1S/C14H20ClN3O2S/c15-13-3-1-2-4-14(13)21(19,20)18-8-5-12(11-18)17-9-6-16-7-10-17/h1-4,12,16H,5-11H2. The molecule has 0 aliphatic carbocycles. The van der Waals surface area contributed by atoms with Gasteiger partial charge in [0.15, 0.2) is 0 Å². The van der Waals surface area contributed by atoms with Crippen LogP contribution in [0.3, 0.4) is 0 Å². The Morgan fingerprint density at radius 2 is 1.86 bits per heavy atom. The highest BCUT2D eigenvalue weighted by atomic mass is 35.5. The number of benzene rings is 1. The summed E-state index contributed by atoms with van der Waals surface area (Å²) in [6, 6.07) is 6.98. The molecule has 0 radical (unpaired) electrons. The lowest BCUT2D eigenvalue weighted by atomic mass is 10.2. The summed E-state index contributed by atoms with van der Waals surface area (Å²) in [5.41, 5.74) is 0. The van der Waals surface area contributed by atoms with E-state index in [1.807, 2.05) is 0 Å². The summed E-state index contributed by atoms with van der Waals surface area (Å²) in [5.74, 6) is 0. The number of piperazine rings is 1. The topological polar surface area (TPSA) is 52.7 Å². The lowest BCUT2D eigenvalue weighted by Gasteiger charge is -2.32. The van der Waals surface area contributed by atoms with Gasteiger partial charge < -0.3 is 5.32 Å². The highest BCUT2D eigenvalue weighted by Gasteiger charge is 2.36. The summed E-state index contributed by atoms with van der Waals surface area (Å²) in [7, 11) is -3.48. The Morgan fingerprint density at radius 1 is 1.14 bits per heavy atom. The maximum atomic E-state index is 12.7. The van der Waals surface area contributed by atoms with Crippen molar-refractivity contribution in [3.05, 3.63) is 29.3 Å². The van der Waals surface area contributed by atoms with Gasteiger partial charge in [0, 0.05) is 45.3 Å². The number of nitrogens with one attached hydrogen (secondary N) is 1. The zero-order valence-electron chi connectivity index (χ0n) is 11.8. The first-order chi connectivity index (χ1) is 10.1. The molecule has 1 unspecified atom stereocenters. The SMILES string of the molecule is O=S(=O)(c1ccccc1Cl)N1CCC(N2CCNCC2)C1. The fourth-order valence-electron chi connectivity index (χ4n) is 3.07. The molecule has 2 aliphatic rings. The zero-order valence-corrected chi connectivity index (χ0v) is 13.4. The van der Waals surface area contributed by atoms with Crippen LogP contribution in [0.15, 0.2) is 29.2 Å². The van der Waals surface area contributed by atoms with E-state index in [1.165, 1.54) is 0 Å². The van der Waals surface area contributed by atoms with Gasteiger partial charge in [0.2, 0.25) is 10.0 Å². The smallest absolute Gasteiger partial charge is 0.244 e. The second kappa shape index (κ2) is 6.22. The predicted molar refractivity (Wildman–Crippen MR) is 83.1 cm³/mol. The summed E-state index contributed by atoms with van der Waals surface area (Å²) in [5, 5.41) is 3.62. The Labute approximate surface area is 130 Å². The molecular weight excluding hydrogens is 310 g/mol. The van der Waals surface area contributed by atoms with Gasteiger partial charge in [-0.25, -0.2) is 8.42 Å². The van der Waals surface area contributed by atoms with E-state index < -0.39 is 10.0 Å². The largest absolute Gasteiger partial charge is 0.314 e. The average Bonchev–Trinajstić information content (AvgIpc) is 2.99. The van der Waals surface area contributed by atoms with Crippen LogP contribution in [0.5, 0.6) is 0 Å². The van der Waals surface area contributed by atoms with Crippen molar-refractivity contribution in [3.8, 4) is 0 Å². The van der Waals surface area contributed by atoms with Gasteiger partial charge in [-0.3, -0.25) is 4.90 Å². The van der Waals surface area contributed by atoms with Crippen molar-refractivity contribution in [2.75, 3.05) is 39.3 Å². The summed E-state index contributed by atoms with van der Waals surface area (Å²) in [6.07, 6.45) is 0.893. The molecule has 2 saturated heterocycles. The minimum absolute atomic E-state index is 0.215. The van der Waals surface area contributed by atoms with E-state index >= 15 is 0 Å². The van der Waals surface area contributed by atoms with Crippen LogP contribution in [0.25, 0.3) is 0 Å². The normalized spacial score (nSPS) is 25.3. The Balaban J connectivity index is 1.74. The monoisotopic (exact) mass is 329 g/mol. The van der Waals surface area contributed by atoms with Gasteiger partial charge in [0.05, 0.1) is 5.02 Å². The van der Waals surface area contributed by atoms with Gasteiger partial charge in [-0.15, -0.1) is 0 Å². The van der Waals surface area contributed by atoms with Crippen LogP contribution in [0, 0.1) is 0 Å². The van der Waals surface area contributed by atoms with E-state index in [0.717, 1.165) is 32.6 Å². The second-order valence-corrected chi connectivity index (χ2v) is 7.84. The lowest BCUT2D eigenvalue weighted by molar-refractivity contribution is 0.179. The fourth-order valence-corrected chi connectivity index (χ4v) is 5.05. The van der Waals surface area contributed by atoms with Crippen molar-refractivity contribution < 1.29 is 8.42 Å². The highest BCUT2D eigenvalue weighted by Crippen LogP contribution is 2.28. The minimum atomic E-state index is -3.48. The molecule has 0 bridgehead atoms. The van der Waals surface area contributed by atoms with Crippen LogP contribution < -0.4 is 5.32 Å². The number of hydrogen-bond acceptors (Lipinski definition) is 4. The Kier molecular flexibility index (Phi) is 4.51. The first-order valence-corrected chi connectivity index (χ1v) is 9.10. The summed E-state index contributed by atoms with van der Waals surface area (Å²) >= 11 is 6.05. The number of sulfonamides is 1. The molecular formula is C14H20ClN3O2S. The summed E-state index contributed by atoms with van der Waals surface area (Å²) in [6.45, 7) is 5.08. The molecule has 2 aliphatic heterocycles. The molecule has 5 nitrogen and oxygen atoms in total. The van der Waals surface area contributed by atoms with E-state index in [1.54, 1.807) is 28.6 Å². The van der Waals surface area contributed by atoms with Gasteiger partial charge in [-0.2, -0.15) is 4.31 Å². The van der Waals surface area contributed by atoms with Crippen LogP contribution in [0.4, 0.5) is 0 Å². The van der Waals surface area contributed by atoms with E-state index in [2.05, 4.69) is 10.2 Å². The van der Waals surface area contributed by atoms with Crippen molar-refractivity contribution in [2.24, 2.45) is 0 Å². The molecule has 2 heterocycles. The first-order valence-electron chi connectivity index (χ1n) is 7.28. The van der Waals surface area contributed by atoms with E-state index in [0.29, 0.717) is 24.2 Å². The number of rotatable bonds is 3. The third-order valence-electron chi connectivity index (χ3n) is 4.25. The van der Waals surface area contributed by atoms with Gasteiger partial charge >= 0.3 is 0 Å². The molecule has 0 amide bonds. The Morgan fingerprint density at radius 3 is 2.57 bits per heavy atom. The van der Waals surface area contributed by atoms with Gasteiger partial charge in [-0.1, -0.05) is 23.7 Å². The molecule has 1 atom stereocenters. The number of nitrogens with zero attached hydrogens (tertiary/aromatic N) is 2. The minimum Gasteiger partial charge on any atom is -0.314 e. The molecule has 7 heteroatoms. The van der Waals surface area contributed by atoms with Gasteiger partial charge in [0.1, 0.15) is 4.90 Å². The maximum absolute atomic E-state index is 12.7. The molecule has 2 fully saturated rings. The molecule has 1 aromatic carbocycles. The second-order valence-electron chi connectivity index (χ2n) is 5.52. The van der Waals surface area contributed by atoms with Crippen LogP contribution in [-0.4, -0.2) is 62.9 Å². The highest BCUT2D eigenvalue weighted by molar-refractivity contribution is 7.89. The van der Waals surface area contributed by atoms with Crippen molar-refractivity contribution >= 4 is 21.6 Å². The molecule has 3 rings (SSSR count). The zero-order chi connectivity index (χ0) is 14.9. The van der Waals surface area contributed by atoms with Crippen LogP contribution in [0.1, 0.15) is 6.42 Å². The number of hydrogen-bond donors (Lipinski definition) is 1. The maximum Gasteiger partial charge on any atom is 0.244 e. The average molecular weight is 330 g/mol. The quantitative estimate of drug-likeness (QED) is 0.899.